The van der Waals surface area contributed by atoms with E-state index in [9.17, 15) is 0 Å². The van der Waals surface area contributed by atoms with E-state index in [2.05, 4.69) is 20.1 Å². The Morgan fingerprint density at radius 2 is 1.95 bits per heavy atom. The highest BCUT2D eigenvalue weighted by molar-refractivity contribution is 7.99. The van der Waals surface area contributed by atoms with Crippen LogP contribution < -0.4 is 5.73 Å². The van der Waals surface area contributed by atoms with Gasteiger partial charge in [-0.25, -0.2) is 9.97 Å². The number of nitrogens with zero attached hydrogens (tertiary/aromatic N) is 4. The maximum atomic E-state index is 8.84. The van der Waals surface area contributed by atoms with Crippen LogP contribution in [0.4, 0.5) is 0 Å². The molecule has 3 N–H and O–H groups in total. The highest BCUT2D eigenvalue weighted by Crippen LogP contribution is 2.32. The van der Waals surface area contributed by atoms with Crippen LogP contribution in [0.5, 0.6) is 0 Å². The minimum Gasteiger partial charge on any atom is -0.409 e. The molecule has 104 valence electrons. The van der Waals surface area contributed by atoms with Crippen LogP contribution in [0.15, 0.2) is 64.0 Å². The lowest BCUT2D eigenvalue weighted by Gasteiger charge is -2.07. The van der Waals surface area contributed by atoms with Gasteiger partial charge in [0.05, 0.1) is 5.52 Å². The number of hydrogen-bond acceptors (Lipinski definition) is 6. The highest BCUT2D eigenvalue weighted by atomic mass is 32.2. The van der Waals surface area contributed by atoms with Crippen LogP contribution in [0.2, 0.25) is 0 Å². The summed E-state index contributed by atoms with van der Waals surface area (Å²) in [4.78, 5) is 13.4. The Kier molecular flexibility index (Phi) is 3.65. The number of benzene rings is 1. The zero-order valence-electron chi connectivity index (χ0n) is 10.8. The van der Waals surface area contributed by atoms with Crippen molar-refractivity contribution in [1.29, 1.82) is 0 Å². The summed E-state index contributed by atoms with van der Waals surface area (Å²) in [5.41, 5.74) is 6.94. The van der Waals surface area contributed by atoms with Crippen molar-refractivity contribution in [2.45, 2.75) is 9.92 Å². The molecule has 21 heavy (non-hydrogen) atoms. The number of oxime groups is 1. The van der Waals surface area contributed by atoms with Crippen LogP contribution in [0, 0.1) is 0 Å². The molecule has 0 spiro atoms. The molecule has 3 aromatic rings. The molecule has 0 aliphatic heterocycles. The first-order valence-corrected chi connectivity index (χ1v) is 6.92. The molecule has 0 atom stereocenters. The SMILES string of the molecule is N/C(=N/O)c1ncccc1Sc1ncnc2ccccc12. The van der Waals surface area contributed by atoms with Gasteiger partial charge in [-0.05, 0) is 18.2 Å². The monoisotopic (exact) mass is 297 g/mol. The zero-order valence-corrected chi connectivity index (χ0v) is 11.7. The van der Waals surface area contributed by atoms with Crippen molar-refractivity contribution in [3.05, 3.63) is 54.6 Å². The molecule has 0 fully saturated rings. The fourth-order valence-corrected chi connectivity index (χ4v) is 2.87. The molecule has 2 aromatic heterocycles. The number of rotatable bonds is 3. The van der Waals surface area contributed by atoms with E-state index in [0.717, 1.165) is 20.8 Å². The van der Waals surface area contributed by atoms with Crippen molar-refractivity contribution in [1.82, 2.24) is 15.0 Å². The summed E-state index contributed by atoms with van der Waals surface area (Å²) < 4.78 is 0. The zero-order chi connectivity index (χ0) is 14.7. The predicted octanol–water partition coefficient (Wildman–Crippen LogP) is 2.27. The molecule has 6 nitrogen and oxygen atoms in total. The molecule has 0 saturated carbocycles. The number of nitrogens with two attached hydrogens (primary N) is 1. The molecule has 0 amide bonds. The number of hydrogen-bond donors (Lipinski definition) is 2. The number of fused-ring (bicyclic) bond motifs is 1. The van der Waals surface area contributed by atoms with E-state index in [0.29, 0.717) is 5.69 Å². The van der Waals surface area contributed by atoms with Crippen LogP contribution in [0.25, 0.3) is 10.9 Å². The van der Waals surface area contributed by atoms with Gasteiger partial charge in [0, 0.05) is 16.5 Å². The van der Waals surface area contributed by atoms with Gasteiger partial charge in [0.2, 0.25) is 0 Å². The van der Waals surface area contributed by atoms with Crippen molar-refractivity contribution in [2.75, 3.05) is 0 Å². The summed E-state index contributed by atoms with van der Waals surface area (Å²) in [5, 5.41) is 13.6. The molecule has 2 heterocycles. The van der Waals surface area contributed by atoms with E-state index in [1.807, 2.05) is 30.3 Å². The van der Waals surface area contributed by atoms with Crippen molar-refractivity contribution >= 4 is 28.5 Å². The van der Waals surface area contributed by atoms with Crippen LogP contribution in [0.1, 0.15) is 5.69 Å². The largest absolute Gasteiger partial charge is 0.409 e. The second kappa shape index (κ2) is 5.76. The van der Waals surface area contributed by atoms with Crippen molar-refractivity contribution < 1.29 is 5.21 Å². The molecule has 0 aliphatic carbocycles. The van der Waals surface area contributed by atoms with E-state index in [1.165, 1.54) is 18.1 Å². The molecule has 0 bridgehead atoms. The molecular formula is C14H11N5OS. The van der Waals surface area contributed by atoms with Gasteiger partial charge in [-0.15, -0.1) is 0 Å². The lowest BCUT2D eigenvalue weighted by atomic mass is 10.2. The van der Waals surface area contributed by atoms with E-state index in [-0.39, 0.29) is 5.84 Å². The van der Waals surface area contributed by atoms with E-state index in [1.54, 1.807) is 12.3 Å². The number of para-hydroxylation sites is 1. The molecule has 0 unspecified atom stereocenters. The maximum Gasteiger partial charge on any atom is 0.189 e. The third-order valence-electron chi connectivity index (χ3n) is 2.83. The quantitative estimate of drug-likeness (QED) is 0.253. The van der Waals surface area contributed by atoms with Gasteiger partial charge in [0.1, 0.15) is 17.0 Å². The lowest BCUT2D eigenvalue weighted by molar-refractivity contribution is 0.318. The second-order valence-electron chi connectivity index (χ2n) is 4.13. The van der Waals surface area contributed by atoms with Gasteiger partial charge in [-0.3, -0.25) is 4.98 Å². The third kappa shape index (κ3) is 2.63. The molecule has 0 saturated heterocycles. The number of amidine groups is 1. The number of aromatic nitrogens is 3. The summed E-state index contributed by atoms with van der Waals surface area (Å²) in [5.74, 6) is -0.0311. The van der Waals surface area contributed by atoms with Crippen LogP contribution in [0.3, 0.4) is 0 Å². The lowest BCUT2D eigenvalue weighted by Crippen LogP contribution is -2.16. The third-order valence-corrected chi connectivity index (χ3v) is 3.90. The van der Waals surface area contributed by atoms with Gasteiger partial charge in [-0.2, -0.15) is 0 Å². The molecule has 7 heteroatoms. The standard InChI is InChI=1S/C14H11N5OS/c15-13(19-20)12-11(6-3-7-16-12)21-14-9-4-1-2-5-10(9)17-8-18-14/h1-8,20H,(H2,15,19). The smallest absolute Gasteiger partial charge is 0.189 e. The van der Waals surface area contributed by atoms with Gasteiger partial charge in [0.15, 0.2) is 5.84 Å². The van der Waals surface area contributed by atoms with Crippen molar-refractivity contribution in [2.24, 2.45) is 10.9 Å². The normalized spacial score (nSPS) is 11.7. The molecule has 3 rings (SSSR count). The van der Waals surface area contributed by atoms with Crippen molar-refractivity contribution in [3.8, 4) is 0 Å². The number of pyridine rings is 1. The summed E-state index contributed by atoms with van der Waals surface area (Å²) in [6.07, 6.45) is 3.11. The fourth-order valence-electron chi connectivity index (χ4n) is 1.88. The summed E-state index contributed by atoms with van der Waals surface area (Å²) in [7, 11) is 0. The maximum absolute atomic E-state index is 8.84. The highest BCUT2D eigenvalue weighted by Gasteiger charge is 2.12. The Bertz CT molecular complexity index is 816. The molecule has 0 aliphatic rings. The van der Waals surface area contributed by atoms with Gasteiger partial charge < -0.3 is 10.9 Å². The summed E-state index contributed by atoms with van der Waals surface area (Å²) in [6, 6.07) is 11.4. The van der Waals surface area contributed by atoms with Crippen LogP contribution in [-0.2, 0) is 0 Å². The van der Waals surface area contributed by atoms with E-state index in [4.69, 9.17) is 10.9 Å². The minimum absolute atomic E-state index is 0.0311. The fraction of sp³-hybridized carbons (Fsp3) is 0. The van der Waals surface area contributed by atoms with Gasteiger partial charge >= 0.3 is 0 Å². The van der Waals surface area contributed by atoms with Gasteiger partial charge in [-0.1, -0.05) is 35.1 Å². The summed E-state index contributed by atoms with van der Waals surface area (Å²) in [6.45, 7) is 0. The van der Waals surface area contributed by atoms with E-state index >= 15 is 0 Å². The Morgan fingerprint density at radius 1 is 1.10 bits per heavy atom. The Morgan fingerprint density at radius 3 is 2.81 bits per heavy atom. The average Bonchev–Trinajstić information content (AvgIpc) is 2.55. The minimum atomic E-state index is -0.0311. The Balaban J connectivity index is 2.08. The van der Waals surface area contributed by atoms with Crippen molar-refractivity contribution in [3.63, 3.8) is 0 Å². The van der Waals surface area contributed by atoms with Crippen LogP contribution in [-0.4, -0.2) is 26.0 Å². The first-order chi connectivity index (χ1) is 10.3. The average molecular weight is 297 g/mol. The first-order valence-electron chi connectivity index (χ1n) is 6.10. The van der Waals surface area contributed by atoms with E-state index < -0.39 is 0 Å². The summed E-state index contributed by atoms with van der Waals surface area (Å²) >= 11 is 1.40. The molecular weight excluding hydrogens is 286 g/mol. The predicted molar refractivity (Wildman–Crippen MR) is 80.4 cm³/mol. The second-order valence-corrected chi connectivity index (χ2v) is 5.16. The van der Waals surface area contributed by atoms with Crippen LogP contribution >= 0.6 is 11.8 Å². The molecule has 1 aromatic carbocycles. The van der Waals surface area contributed by atoms with Gasteiger partial charge in [0.25, 0.3) is 0 Å². The first kappa shape index (κ1) is 13.3. The Hall–Kier alpha value is -2.67. The topological polar surface area (TPSA) is 97.3 Å². The molecule has 0 radical (unpaired) electrons. The Labute approximate surface area is 124 Å².